The van der Waals surface area contributed by atoms with Crippen molar-refractivity contribution >= 4 is 11.6 Å². The van der Waals surface area contributed by atoms with Crippen molar-refractivity contribution in [3.8, 4) is 17.1 Å². The van der Waals surface area contributed by atoms with E-state index in [1.807, 2.05) is 12.1 Å². The first kappa shape index (κ1) is 11.8. The smallest absolute Gasteiger partial charge is 0.181 e. The van der Waals surface area contributed by atoms with Crippen LogP contribution in [-0.2, 0) is 0 Å². The summed E-state index contributed by atoms with van der Waals surface area (Å²) in [4.78, 5) is 7.97. The molecule has 0 N–H and O–H groups in total. The molecule has 3 nitrogen and oxygen atoms in total. The number of rotatable bonds is 2. The van der Waals surface area contributed by atoms with Crippen molar-refractivity contribution in [3.05, 3.63) is 40.9 Å². The van der Waals surface area contributed by atoms with Crippen LogP contribution in [0.25, 0.3) is 11.4 Å². The number of halogens is 2. The summed E-state index contributed by atoms with van der Waals surface area (Å²) in [5.41, 5.74) is 0.894. The number of hydrogen-bond donors (Lipinski definition) is 0. The molecule has 0 unspecified atom stereocenters. The Balaban J connectivity index is 2.61. The molecule has 0 aliphatic carbocycles. The lowest BCUT2D eigenvalue weighted by atomic mass is 10.2. The van der Waals surface area contributed by atoms with Crippen molar-refractivity contribution < 1.29 is 9.13 Å². The van der Waals surface area contributed by atoms with Gasteiger partial charge >= 0.3 is 0 Å². The molecule has 2 rings (SSSR count). The molecule has 1 heterocycles. The van der Waals surface area contributed by atoms with Crippen LogP contribution in [0.15, 0.2) is 24.3 Å². The Bertz CT molecular complexity index is 537. The third kappa shape index (κ3) is 2.22. The quantitative estimate of drug-likeness (QED) is 0.770. The summed E-state index contributed by atoms with van der Waals surface area (Å²) in [5.74, 6) is 0.381. The minimum absolute atomic E-state index is 0.182. The summed E-state index contributed by atoms with van der Waals surface area (Å²) in [6.07, 6.45) is 0. The van der Waals surface area contributed by atoms with Gasteiger partial charge in [-0.3, -0.25) is 0 Å². The predicted octanol–water partition coefficient (Wildman–Crippen LogP) is 3.25. The highest BCUT2D eigenvalue weighted by Gasteiger charge is 2.13. The van der Waals surface area contributed by atoms with Crippen molar-refractivity contribution in [2.75, 3.05) is 7.11 Å². The zero-order valence-electron chi connectivity index (χ0n) is 9.37. The van der Waals surface area contributed by atoms with Crippen LogP contribution in [0.3, 0.4) is 0 Å². The van der Waals surface area contributed by atoms with Gasteiger partial charge in [-0.15, -0.1) is 0 Å². The maximum atomic E-state index is 13.3. The summed E-state index contributed by atoms with van der Waals surface area (Å²) in [5, 5.41) is -0.182. The molecule has 0 amide bonds. The first-order chi connectivity index (χ1) is 8.13. The maximum Gasteiger partial charge on any atom is 0.181 e. The molecule has 88 valence electrons. The lowest BCUT2D eigenvalue weighted by Gasteiger charge is -2.08. The van der Waals surface area contributed by atoms with Gasteiger partial charge in [0, 0.05) is 0 Å². The highest BCUT2D eigenvalue weighted by atomic mass is 35.5. The van der Waals surface area contributed by atoms with Gasteiger partial charge in [0.25, 0.3) is 0 Å². The van der Waals surface area contributed by atoms with Crippen LogP contribution in [0.2, 0.25) is 5.15 Å². The van der Waals surface area contributed by atoms with E-state index in [1.165, 1.54) is 0 Å². The number of aryl methyl sites for hydroxylation is 1. The third-order valence-electron chi connectivity index (χ3n) is 2.32. The van der Waals surface area contributed by atoms with Gasteiger partial charge in [0.2, 0.25) is 0 Å². The van der Waals surface area contributed by atoms with Gasteiger partial charge in [-0.25, -0.2) is 14.4 Å². The average molecular weight is 253 g/mol. The molecule has 0 fully saturated rings. The van der Waals surface area contributed by atoms with Crippen molar-refractivity contribution in [2.24, 2.45) is 0 Å². The van der Waals surface area contributed by atoms with Gasteiger partial charge in [-0.2, -0.15) is 0 Å². The van der Waals surface area contributed by atoms with Crippen LogP contribution in [0.1, 0.15) is 5.69 Å². The fourth-order valence-electron chi connectivity index (χ4n) is 1.47. The highest BCUT2D eigenvalue weighted by molar-refractivity contribution is 6.29. The van der Waals surface area contributed by atoms with Gasteiger partial charge in [0.1, 0.15) is 5.75 Å². The van der Waals surface area contributed by atoms with E-state index in [9.17, 15) is 4.39 Å². The Hall–Kier alpha value is -1.68. The Kier molecular flexibility index (Phi) is 3.24. The van der Waals surface area contributed by atoms with E-state index in [0.29, 0.717) is 17.1 Å². The van der Waals surface area contributed by atoms with Gasteiger partial charge in [0.15, 0.2) is 16.8 Å². The van der Waals surface area contributed by atoms with Gasteiger partial charge in [-0.05, 0) is 19.1 Å². The lowest BCUT2D eigenvalue weighted by molar-refractivity contribution is 0.416. The Morgan fingerprint density at radius 3 is 2.59 bits per heavy atom. The second-order valence-electron chi connectivity index (χ2n) is 3.44. The highest BCUT2D eigenvalue weighted by Crippen LogP contribution is 2.28. The first-order valence-electron chi connectivity index (χ1n) is 4.96. The number of nitrogens with zero attached hydrogens (tertiary/aromatic N) is 2. The number of para-hydroxylation sites is 1. The van der Waals surface area contributed by atoms with Crippen LogP contribution < -0.4 is 4.74 Å². The molecule has 0 saturated heterocycles. The van der Waals surface area contributed by atoms with Crippen molar-refractivity contribution in [1.29, 1.82) is 0 Å². The van der Waals surface area contributed by atoms with E-state index in [2.05, 4.69) is 9.97 Å². The summed E-state index contributed by atoms with van der Waals surface area (Å²) in [6, 6.07) is 7.24. The van der Waals surface area contributed by atoms with E-state index in [0.717, 1.165) is 0 Å². The first-order valence-corrected chi connectivity index (χ1v) is 5.34. The van der Waals surface area contributed by atoms with E-state index >= 15 is 0 Å². The van der Waals surface area contributed by atoms with Crippen LogP contribution in [-0.4, -0.2) is 17.1 Å². The van der Waals surface area contributed by atoms with Gasteiger partial charge in [-0.1, -0.05) is 23.7 Å². The van der Waals surface area contributed by atoms with Crippen LogP contribution in [0, 0.1) is 12.7 Å². The predicted molar refractivity (Wildman–Crippen MR) is 63.7 cm³/mol. The van der Waals surface area contributed by atoms with Crippen molar-refractivity contribution in [2.45, 2.75) is 6.92 Å². The maximum absolute atomic E-state index is 13.3. The second kappa shape index (κ2) is 4.67. The monoisotopic (exact) mass is 252 g/mol. The van der Waals surface area contributed by atoms with Crippen LogP contribution in [0.4, 0.5) is 4.39 Å². The van der Waals surface area contributed by atoms with E-state index < -0.39 is 5.82 Å². The number of ether oxygens (including phenoxy) is 1. The largest absolute Gasteiger partial charge is 0.496 e. The molecule has 0 spiro atoms. The normalized spacial score (nSPS) is 10.4. The molecule has 1 aromatic heterocycles. The zero-order valence-corrected chi connectivity index (χ0v) is 10.1. The second-order valence-corrected chi connectivity index (χ2v) is 3.80. The van der Waals surface area contributed by atoms with Crippen LogP contribution >= 0.6 is 11.6 Å². The van der Waals surface area contributed by atoms with Crippen LogP contribution in [0.5, 0.6) is 5.75 Å². The standard InChI is InChI=1S/C12H10ClFN2O/c1-7-10(14)11(13)16-12(15-7)8-5-3-4-6-9(8)17-2/h3-6H,1-2H3. The Labute approximate surface area is 103 Å². The molecule has 2 aromatic rings. The van der Waals surface area contributed by atoms with Crippen molar-refractivity contribution in [3.63, 3.8) is 0 Å². The summed E-state index contributed by atoms with van der Waals surface area (Å²) in [7, 11) is 1.55. The van der Waals surface area contributed by atoms with Crippen molar-refractivity contribution in [1.82, 2.24) is 9.97 Å². The minimum atomic E-state index is -0.592. The topological polar surface area (TPSA) is 35.0 Å². The van der Waals surface area contributed by atoms with Gasteiger partial charge in [0.05, 0.1) is 18.4 Å². The Morgan fingerprint density at radius 1 is 1.24 bits per heavy atom. The van der Waals surface area contributed by atoms with E-state index in [-0.39, 0.29) is 10.8 Å². The third-order valence-corrected chi connectivity index (χ3v) is 2.57. The molecule has 17 heavy (non-hydrogen) atoms. The SMILES string of the molecule is COc1ccccc1-c1nc(C)c(F)c(Cl)n1. The summed E-state index contributed by atoms with van der Waals surface area (Å²) in [6.45, 7) is 1.54. The average Bonchev–Trinajstić information content (AvgIpc) is 2.35. The zero-order chi connectivity index (χ0) is 12.4. The Morgan fingerprint density at radius 2 is 1.94 bits per heavy atom. The fraction of sp³-hybridized carbons (Fsp3) is 0.167. The molecule has 0 radical (unpaired) electrons. The summed E-state index contributed by atoms with van der Waals surface area (Å²) >= 11 is 5.70. The molecule has 0 aliphatic heterocycles. The number of hydrogen-bond acceptors (Lipinski definition) is 3. The van der Waals surface area contributed by atoms with E-state index in [4.69, 9.17) is 16.3 Å². The van der Waals surface area contributed by atoms with E-state index in [1.54, 1.807) is 26.2 Å². The number of aromatic nitrogens is 2. The summed E-state index contributed by atoms with van der Waals surface area (Å²) < 4.78 is 18.5. The molecular formula is C12H10ClFN2O. The fourth-order valence-corrected chi connectivity index (χ4v) is 1.69. The van der Waals surface area contributed by atoms with Gasteiger partial charge < -0.3 is 4.74 Å². The molecule has 1 aromatic carbocycles. The lowest BCUT2D eigenvalue weighted by Crippen LogP contribution is -1.98. The number of benzene rings is 1. The number of methoxy groups -OCH3 is 1. The molecular weight excluding hydrogens is 243 g/mol. The molecule has 0 aliphatic rings. The molecule has 0 atom stereocenters. The minimum Gasteiger partial charge on any atom is -0.496 e. The molecule has 5 heteroatoms. The molecule has 0 saturated carbocycles. The molecule has 0 bridgehead atoms.